The summed E-state index contributed by atoms with van der Waals surface area (Å²) in [6, 6.07) is 0. The van der Waals surface area contributed by atoms with E-state index in [1.807, 2.05) is 0 Å². The molecule has 1 amide bonds. The maximum Gasteiger partial charge on any atom is 0.234 e. The van der Waals surface area contributed by atoms with Crippen LogP contribution in [0.25, 0.3) is 0 Å². The number of nitrogens with zero attached hydrogens (tertiary/aromatic N) is 1. The van der Waals surface area contributed by atoms with Crippen LogP contribution in [0.4, 0.5) is 0 Å². The number of hydrogen-bond acceptors (Lipinski definition) is 3. The molecule has 4 heteroatoms. The fourth-order valence-electron chi connectivity index (χ4n) is 2.08. The van der Waals surface area contributed by atoms with Gasteiger partial charge in [0, 0.05) is 19.6 Å². The molecule has 4 nitrogen and oxygen atoms in total. The van der Waals surface area contributed by atoms with Gasteiger partial charge in [0.1, 0.15) is 0 Å². The highest BCUT2D eigenvalue weighted by Gasteiger charge is 2.21. The molecule has 2 heterocycles. The van der Waals surface area contributed by atoms with Crippen molar-refractivity contribution in [2.45, 2.75) is 6.42 Å². The largest absolute Gasteiger partial charge is 0.354 e. The van der Waals surface area contributed by atoms with Gasteiger partial charge in [-0.15, -0.1) is 0 Å². The van der Waals surface area contributed by atoms with E-state index in [-0.39, 0.29) is 5.91 Å². The molecule has 1 atom stereocenters. The minimum absolute atomic E-state index is 0.178. The van der Waals surface area contributed by atoms with E-state index in [0.717, 1.165) is 38.6 Å². The van der Waals surface area contributed by atoms with Crippen LogP contribution in [-0.2, 0) is 4.79 Å². The van der Waals surface area contributed by atoms with Crippen LogP contribution in [0, 0.1) is 5.92 Å². The molecule has 2 fully saturated rings. The van der Waals surface area contributed by atoms with Crippen molar-refractivity contribution in [3.63, 3.8) is 0 Å². The van der Waals surface area contributed by atoms with Crippen molar-refractivity contribution in [1.29, 1.82) is 0 Å². The maximum absolute atomic E-state index is 11.1. The minimum atomic E-state index is 0.178. The fraction of sp³-hybridized carbons (Fsp3) is 0.889. The summed E-state index contributed by atoms with van der Waals surface area (Å²) in [4.78, 5) is 13.3. The fourth-order valence-corrected chi connectivity index (χ4v) is 2.08. The predicted octanol–water partition coefficient (Wildman–Crippen LogP) is -0.972. The Kier molecular flexibility index (Phi) is 2.80. The monoisotopic (exact) mass is 183 g/mol. The van der Waals surface area contributed by atoms with E-state index in [1.54, 1.807) is 0 Å². The van der Waals surface area contributed by atoms with Gasteiger partial charge >= 0.3 is 0 Å². The van der Waals surface area contributed by atoms with Crippen LogP contribution in [0.15, 0.2) is 0 Å². The Morgan fingerprint density at radius 3 is 3.08 bits per heavy atom. The van der Waals surface area contributed by atoms with Gasteiger partial charge in [-0.05, 0) is 25.4 Å². The van der Waals surface area contributed by atoms with Gasteiger partial charge in [-0.3, -0.25) is 9.69 Å². The molecule has 74 valence electrons. The normalized spacial score (nSPS) is 30.5. The first kappa shape index (κ1) is 8.97. The third kappa shape index (κ3) is 2.42. The average molecular weight is 183 g/mol. The Morgan fingerprint density at radius 1 is 1.46 bits per heavy atom. The average Bonchev–Trinajstić information content (AvgIpc) is 2.57. The first-order chi connectivity index (χ1) is 6.34. The molecule has 13 heavy (non-hydrogen) atoms. The number of carbonyl (C=O) groups excluding carboxylic acids is 1. The molecular weight excluding hydrogens is 166 g/mol. The lowest BCUT2D eigenvalue weighted by Gasteiger charge is -2.28. The molecule has 0 aromatic carbocycles. The topological polar surface area (TPSA) is 44.4 Å². The summed E-state index contributed by atoms with van der Waals surface area (Å²) in [5, 5.41) is 6.19. The summed E-state index contributed by atoms with van der Waals surface area (Å²) in [6.45, 7) is 5.78. The van der Waals surface area contributed by atoms with Crippen LogP contribution in [0.2, 0.25) is 0 Å². The zero-order valence-corrected chi connectivity index (χ0v) is 7.88. The molecule has 0 spiro atoms. The van der Waals surface area contributed by atoms with Crippen LogP contribution >= 0.6 is 0 Å². The summed E-state index contributed by atoms with van der Waals surface area (Å²) in [7, 11) is 0. The lowest BCUT2D eigenvalue weighted by molar-refractivity contribution is -0.124. The maximum atomic E-state index is 11.1. The Balaban J connectivity index is 1.76. The first-order valence-electron chi connectivity index (χ1n) is 5.04. The third-order valence-corrected chi connectivity index (χ3v) is 2.80. The van der Waals surface area contributed by atoms with E-state index in [2.05, 4.69) is 15.5 Å². The number of piperazine rings is 1. The standard InChI is InChI=1S/C9H17N3O/c13-9-7-12(4-3-11-9)6-8-1-2-10-5-8/h8,10H,1-7H2,(H,11,13)/t8-/m0/s1. The molecule has 2 rings (SSSR count). The van der Waals surface area contributed by atoms with Crippen molar-refractivity contribution < 1.29 is 4.79 Å². The van der Waals surface area contributed by atoms with Gasteiger partial charge < -0.3 is 10.6 Å². The van der Waals surface area contributed by atoms with Crippen molar-refractivity contribution in [2.75, 3.05) is 39.3 Å². The number of nitrogens with one attached hydrogen (secondary N) is 2. The highest BCUT2D eigenvalue weighted by molar-refractivity contribution is 5.78. The van der Waals surface area contributed by atoms with Crippen molar-refractivity contribution in [3.05, 3.63) is 0 Å². The highest BCUT2D eigenvalue weighted by atomic mass is 16.2. The van der Waals surface area contributed by atoms with Crippen LogP contribution in [-0.4, -0.2) is 50.1 Å². The number of rotatable bonds is 2. The lowest BCUT2D eigenvalue weighted by atomic mass is 10.1. The van der Waals surface area contributed by atoms with Crippen molar-refractivity contribution in [2.24, 2.45) is 5.92 Å². The minimum Gasteiger partial charge on any atom is -0.354 e. The van der Waals surface area contributed by atoms with Gasteiger partial charge in [-0.25, -0.2) is 0 Å². The van der Waals surface area contributed by atoms with Gasteiger partial charge in [-0.1, -0.05) is 0 Å². The lowest BCUT2D eigenvalue weighted by Crippen LogP contribution is -2.49. The van der Waals surface area contributed by atoms with E-state index in [0.29, 0.717) is 6.54 Å². The second-order valence-corrected chi connectivity index (χ2v) is 3.94. The molecule has 0 unspecified atom stereocenters. The summed E-state index contributed by atoms with van der Waals surface area (Å²) < 4.78 is 0. The van der Waals surface area contributed by atoms with E-state index >= 15 is 0 Å². The zero-order valence-electron chi connectivity index (χ0n) is 7.88. The smallest absolute Gasteiger partial charge is 0.234 e. The second kappa shape index (κ2) is 4.07. The molecule has 0 radical (unpaired) electrons. The molecular formula is C9H17N3O. The molecule has 0 bridgehead atoms. The molecule has 2 saturated heterocycles. The SMILES string of the molecule is O=C1CN(C[C@H]2CCNC2)CCN1. The van der Waals surface area contributed by atoms with Crippen molar-refractivity contribution >= 4 is 5.91 Å². The van der Waals surface area contributed by atoms with Crippen molar-refractivity contribution in [1.82, 2.24) is 15.5 Å². The van der Waals surface area contributed by atoms with Gasteiger partial charge in [0.25, 0.3) is 0 Å². The van der Waals surface area contributed by atoms with Crippen molar-refractivity contribution in [3.8, 4) is 0 Å². The van der Waals surface area contributed by atoms with Gasteiger partial charge in [-0.2, -0.15) is 0 Å². The molecule has 2 aliphatic heterocycles. The number of hydrogen-bond donors (Lipinski definition) is 2. The van der Waals surface area contributed by atoms with E-state index in [1.165, 1.54) is 6.42 Å². The molecule has 0 saturated carbocycles. The third-order valence-electron chi connectivity index (χ3n) is 2.80. The summed E-state index contributed by atoms with van der Waals surface area (Å²) in [5.41, 5.74) is 0. The molecule has 0 aliphatic carbocycles. The Labute approximate surface area is 78.7 Å². The van der Waals surface area contributed by atoms with Crippen LogP contribution in [0.3, 0.4) is 0 Å². The molecule has 2 N–H and O–H groups in total. The zero-order chi connectivity index (χ0) is 9.10. The first-order valence-corrected chi connectivity index (χ1v) is 5.04. The number of carbonyl (C=O) groups is 1. The summed E-state index contributed by atoms with van der Waals surface area (Å²) in [6.07, 6.45) is 1.26. The summed E-state index contributed by atoms with van der Waals surface area (Å²) >= 11 is 0. The van der Waals surface area contributed by atoms with E-state index < -0.39 is 0 Å². The Hall–Kier alpha value is -0.610. The van der Waals surface area contributed by atoms with Crippen LogP contribution < -0.4 is 10.6 Å². The predicted molar refractivity (Wildman–Crippen MR) is 50.4 cm³/mol. The van der Waals surface area contributed by atoms with E-state index in [4.69, 9.17) is 0 Å². The highest BCUT2D eigenvalue weighted by Crippen LogP contribution is 2.09. The number of amides is 1. The van der Waals surface area contributed by atoms with Gasteiger partial charge in [0.05, 0.1) is 6.54 Å². The summed E-state index contributed by atoms with van der Waals surface area (Å²) in [5.74, 6) is 0.933. The Morgan fingerprint density at radius 2 is 2.38 bits per heavy atom. The molecule has 2 aliphatic rings. The second-order valence-electron chi connectivity index (χ2n) is 3.94. The van der Waals surface area contributed by atoms with Gasteiger partial charge in [0.15, 0.2) is 0 Å². The Bertz CT molecular complexity index is 189. The van der Waals surface area contributed by atoms with E-state index in [9.17, 15) is 4.79 Å². The van der Waals surface area contributed by atoms with Crippen LogP contribution in [0.1, 0.15) is 6.42 Å². The van der Waals surface area contributed by atoms with Crippen LogP contribution in [0.5, 0.6) is 0 Å². The van der Waals surface area contributed by atoms with Gasteiger partial charge in [0.2, 0.25) is 5.91 Å². The molecule has 0 aromatic heterocycles. The molecule has 0 aromatic rings. The quantitative estimate of drug-likeness (QED) is 0.579.